The molecule has 0 heterocycles. The molecule has 6 nitrogen and oxygen atoms in total. The quantitative estimate of drug-likeness (QED) is 0.279. The Hall–Kier alpha value is -3.22. The third-order valence-electron chi connectivity index (χ3n) is 6.46. The van der Waals surface area contributed by atoms with E-state index in [1.807, 2.05) is 54.6 Å². The maximum absolute atomic E-state index is 14.8. The first-order chi connectivity index (χ1) is 18.4. The third kappa shape index (κ3) is 11.1. The summed E-state index contributed by atoms with van der Waals surface area (Å²) in [5.74, 6) is -1.08. The number of Topliss-reactive ketones (excluding diaryl/α,β-unsaturated/α-hetero) is 1. The van der Waals surface area contributed by atoms with Gasteiger partial charge in [-0.2, -0.15) is 0 Å². The van der Waals surface area contributed by atoms with Crippen LogP contribution in [0.3, 0.4) is 0 Å². The molecule has 0 aliphatic heterocycles. The van der Waals surface area contributed by atoms with E-state index in [1.165, 1.54) is 20.9 Å². The molecule has 0 aliphatic carbocycles. The zero-order chi connectivity index (χ0) is 30.3. The van der Waals surface area contributed by atoms with Gasteiger partial charge in [0, 0.05) is 26.3 Å². The maximum atomic E-state index is 14.8. The molecule has 0 unspecified atom stereocenters. The van der Waals surface area contributed by atoms with Gasteiger partial charge in [-0.1, -0.05) is 75.4 Å². The van der Waals surface area contributed by atoms with Gasteiger partial charge < -0.3 is 9.47 Å². The molecule has 0 N–H and O–H groups in total. The average Bonchev–Trinajstić information content (AvgIpc) is 2.83. The second kappa shape index (κ2) is 13.4. The highest BCUT2D eigenvalue weighted by atomic mass is 19.1. The molecule has 2 rings (SSSR count). The highest BCUT2D eigenvalue weighted by molar-refractivity contribution is 5.88. The zero-order valence-electron chi connectivity index (χ0n) is 25.5. The molecule has 0 radical (unpaired) electrons. The number of halogens is 1. The van der Waals surface area contributed by atoms with Crippen molar-refractivity contribution in [2.45, 2.75) is 110 Å². The van der Waals surface area contributed by atoms with Crippen LogP contribution in [0, 0.1) is 0 Å². The fourth-order valence-corrected chi connectivity index (χ4v) is 4.17. The van der Waals surface area contributed by atoms with Gasteiger partial charge in [0.15, 0.2) is 11.9 Å². The molecule has 1 amide bonds. The number of rotatable bonds is 11. The number of carbonyl (C=O) groups is 3. The topological polar surface area (TPSA) is 72.9 Å². The first-order valence-corrected chi connectivity index (χ1v) is 13.9. The van der Waals surface area contributed by atoms with Crippen molar-refractivity contribution in [1.29, 1.82) is 0 Å². The number of ketones is 1. The minimum atomic E-state index is -1.78. The highest BCUT2D eigenvalue weighted by Crippen LogP contribution is 2.25. The van der Waals surface area contributed by atoms with Crippen molar-refractivity contribution in [2.75, 3.05) is 7.05 Å². The molecule has 0 saturated heterocycles. The monoisotopic (exact) mass is 555 g/mol. The lowest BCUT2D eigenvalue weighted by molar-refractivity contribution is -0.161. The lowest BCUT2D eigenvalue weighted by atomic mass is 9.86. The second-order valence-electron chi connectivity index (χ2n) is 13.1. The SMILES string of the molecule is CN(C(=O)OC(C)(C)C)[C@@H](CC(C)(C)F)C(=O)O[C@H](Cc1ccc(C(C)(C)C)cc1)C(=O)CCc1ccccc1. The number of carbonyl (C=O) groups excluding carboxylic acids is 3. The number of nitrogens with zero attached hydrogens (tertiary/aromatic N) is 1. The standard InChI is InChI=1S/C33H46FNO5/c1-31(2,3)25-18-15-24(16-19-25)21-28(27(36)20-17-23-13-11-10-12-14-23)39-29(37)26(22-33(7,8)34)35(9)30(38)40-32(4,5)6/h10-16,18-19,26,28H,17,20-22H2,1-9H3/t26-,28+/m0/s1. The molecule has 2 aromatic rings. The first-order valence-electron chi connectivity index (χ1n) is 13.9. The van der Waals surface area contributed by atoms with Crippen molar-refractivity contribution in [1.82, 2.24) is 4.90 Å². The van der Waals surface area contributed by atoms with Gasteiger partial charge in [-0.3, -0.25) is 9.69 Å². The van der Waals surface area contributed by atoms with Crippen LogP contribution < -0.4 is 0 Å². The number of amides is 1. The van der Waals surface area contributed by atoms with E-state index in [0.717, 1.165) is 21.6 Å². The molecule has 0 aromatic heterocycles. The smallest absolute Gasteiger partial charge is 0.410 e. The van der Waals surface area contributed by atoms with E-state index in [2.05, 4.69) is 20.8 Å². The summed E-state index contributed by atoms with van der Waals surface area (Å²) in [6, 6.07) is 16.2. The van der Waals surface area contributed by atoms with Crippen molar-refractivity contribution in [3.8, 4) is 0 Å². The molecule has 0 bridgehead atoms. The van der Waals surface area contributed by atoms with Gasteiger partial charge in [-0.25, -0.2) is 14.0 Å². The van der Waals surface area contributed by atoms with Gasteiger partial charge in [0.1, 0.15) is 17.3 Å². The highest BCUT2D eigenvalue weighted by Gasteiger charge is 2.38. The van der Waals surface area contributed by atoms with E-state index in [9.17, 15) is 18.8 Å². The van der Waals surface area contributed by atoms with Crippen LogP contribution in [0.15, 0.2) is 54.6 Å². The lowest BCUT2D eigenvalue weighted by Gasteiger charge is -2.32. The van der Waals surface area contributed by atoms with Crippen molar-refractivity contribution >= 4 is 17.8 Å². The van der Waals surface area contributed by atoms with Crippen LogP contribution in [0.25, 0.3) is 0 Å². The maximum Gasteiger partial charge on any atom is 0.410 e. The minimum absolute atomic E-state index is 0.0332. The van der Waals surface area contributed by atoms with Crippen molar-refractivity contribution in [3.05, 3.63) is 71.3 Å². The Balaban J connectivity index is 2.32. The summed E-state index contributed by atoms with van der Waals surface area (Å²) in [5.41, 5.74) is 0.355. The number of hydrogen-bond acceptors (Lipinski definition) is 5. The fraction of sp³-hybridized carbons (Fsp3) is 0.545. The largest absolute Gasteiger partial charge is 0.452 e. The van der Waals surface area contributed by atoms with E-state index in [4.69, 9.17) is 9.47 Å². The van der Waals surface area contributed by atoms with Crippen molar-refractivity contribution in [2.24, 2.45) is 0 Å². The van der Waals surface area contributed by atoms with Crippen LogP contribution in [0.5, 0.6) is 0 Å². The summed E-state index contributed by atoms with van der Waals surface area (Å²) >= 11 is 0. The van der Waals surface area contributed by atoms with Crippen LogP contribution in [-0.4, -0.2) is 53.2 Å². The summed E-state index contributed by atoms with van der Waals surface area (Å²) in [6.45, 7) is 14.1. The Morgan fingerprint density at radius 2 is 1.43 bits per heavy atom. The number of likely N-dealkylation sites (N-methyl/N-ethyl adjacent to an activating group) is 1. The van der Waals surface area contributed by atoms with Crippen LogP contribution in [0.1, 0.15) is 84.9 Å². The lowest BCUT2D eigenvalue weighted by Crippen LogP contribution is -2.49. The van der Waals surface area contributed by atoms with Gasteiger partial charge in [0.25, 0.3) is 0 Å². The van der Waals surface area contributed by atoms with Crippen molar-refractivity contribution in [3.63, 3.8) is 0 Å². The molecule has 0 fully saturated rings. The molecule has 0 saturated carbocycles. The molecule has 7 heteroatoms. The van der Waals surface area contributed by atoms with Gasteiger partial charge in [0.05, 0.1) is 0 Å². The fourth-order valence-electron chi connectivity index (χ4n) is 4.17. The van der Waals surface area contributed by atoms with E-state index in [0.29, 0.717) is 6.42 Å². The summed E-state index contributed by atoms with van der Waals surface area (Å²) in [7, 11) is 1.38. The van der Waals surface area contributed by atoms with Crippen molar-refractivity contribution < 1.29 is 28.2 Å². The Morgan fingerprint density at radius 1 is 0.850 bits per heavy atom. The number of ether oxygens (including phenoxy) is 2. The Kier molecular flexibility index (Phi) is 11.1. The minimum Gasteiger partial charge on any atom is -0.452 e. The Morgan fingerprint density at radius 3 is 1.93 bits per heavy atom. The van der Waals surface area contributed by atoms with E-state index >= 15 is 0 Å². The molecule has 40 heavy (non-hydrogen) atoms. The zero-order valence-corrected chi connectivity index (χ0v) is 25.5. The molecule has 2 aromatic carbocycles. The van der Waals surface area contributed by atoms with E-state index in [1.54, 1.807) is 20.8 Å². The number of aryl methyl sites for hydroxylation is 1. The molecular weight excluding hydrogens is 509 g/mol. The van der Waals surface area contributed by atoms with Crippen LogP contribution in [-0.2, 0) is 37.3 Å². The number of benzene rings is 2. The van der Waals surface area contributed by atoms with E-state index in [-0.39, 0.29) is 30.5 Å². The van der Waals surface area contributed by atoms with E-state index < -0.39 is 35.5 Å². The molecule has 2 atom stereocenters. The summed E-state index contributed by atoms with van der Waals surface area (Å²) in [4.78, 5) is 40.8. The summed E-state index contributed by atoms with van der Waals surface area (Å²) < 4.78 is 26.0. The normalized spacial score (nSPS) is 13.8. The van der Waals surface area contributed by atoms with Crippen LogP contribution in [0.2, 0.25) is 0 Å². The first kappa shape index (κ1) is 33.0. The Bertz CT molecular complexity index is 1120. The predicted octanol–water partition coefficient (Wildman–Crippen LogP) is 7.01. The number of alkyl halides is 1. The Labute approximate surface area is 239 Å². The molecule has 0 aliphatic rings. The van der Waals surface area contributed by atoms with Crippen LogP contribution in [0.4, 0.5) is 9.18 Å². The van der Waals surface area contributed by atoms with Gasteiger partial charge in [-0.05, 0) is 63.1 Å². The third-order valence-corrected chi connectivity index (χ3v) is 6.46. The molecular formula is C33H46FNO5. The molecule has 220 valence electrons. The van der Waals surface area contributed by atoms with Gasteiger partial charge in [0.2, 0.25) is 0 Å². The second-order valence-corrected chi connectivity index (χ2v) is 13.1. The number of hydrogen-bond donors (Lipinski definition) is 0. The molecule has 0 spiro atoms. The predicted molar refractivity (Wildman–Crippen MR) is 156 cm³/mol. The average molecular weight is 556 g/mol. The summed E-state index contributed by atoms with van der Waals surface area (Å²) in [5, 5.41) is 0. The number of esters is 1. The summed E-state index contributed by atoms with van der Waals surface area (Å²) in [6.07, 6.45) is -1.34. The van der Waals surface area contributed by atoms with Gasteiger partial charge in [-0.15, -0.1) is 0 Å². The van der Waals surface area contributed by atoms with Crippen LogP contribution >= 0.6 is 0 Å². The van der Waals surface area contributed by atoms with Gasteiger partial charge >= 0.3 is 12.1 Å².